The van der Waals surface area contributed by atoms with Gasteiger partial charge in [-0.1, -0.05) is 28.1 Å². The minimum atomic E-state index is -0.322. The number of hydrogen-bond acceptors (Lipinski definition) is 2. The van der Waals surface area contributed by atoms with E-state index in [9.17, 15) is 4.79 Å². The highest BCUT2D eigenvalue weighted by atomic mass is 79.9. The van der Waals surface area contributed by atoms with Gasteiger partial charge in [-0.3, -0.25) is 0 Å². The highest BCUT2D eigenvalue weighted by Gasteiger charge is 2.07. The van der Waals surface area contributed by atoms with Crippen molar-refractivity contribution in [3.8, 4) is 11.3 Å². The zero-order chi connectivity index (χ0) is 14.1. The van der Waals surface area contributed by atoms with E-state index in [-0.39, 0.29) is 5.97 Å². The second kappa shape index (κ2) is 5.13. The summed E-state index contributed by atoms with van der Waals surface area (Å²) in [4.78, 5) is 14.8. The molecule has 4 heteroatoms. The summed E-state index contributed by atoms with van der Waals surface area (Å²) in [7, 11) is 1.38. The summed E-state index contributed by atoms with van der Waals surface area (Å²) in [5.41, 5.74) is 3.69. The van der Waals surface area contributed by atoms with E-state index in [4.69, 9.17) is 4.74 Å². The van der Waals surface area contributed by atoms with E-state index >= 15 is 0 Å². The van der Waals surface area contributed by atoms with Crippen LogP contribution in [-0.4, -0.2) is 18.1 Å². The van der Waals surface area contributed by atoms with Crippen LogP contribution in [0.25, 0.3) is 22.2 Å². The molecule has 0 aliphatic rings. The molecular formula is C16H12BrNO2. The fourth-order valence-electron chi connectivity index (χ4n) is 2.16. The molecule has 20 heavy (non-hydrogen) atoms. The van der Waals surface area contributed by atoms with Gasteiger partial charge in [-0.15, -0.1) is 0 Å². The first-order valence-corrected chi connectivity index (χ1v) is 6.94. The molecule has 0 unspecified atom stereocenters. The molecule has 2 aromatic carbocycles. The van der Waals surface area contributed by atoms with Gasteiger partial charge in [-0.05, 0) is 42.0 Å². The number of ether oxygens (including phenoxy) is 1. The summed E-state index contributed by atoms with van der Waals surface area (Å²) in [5, 5.41) is 1.14. The van der Waals surface area contributed by atoms with E-state index in [2.05, 4.69) is 33.0 Å². The van der Waals surface area contributed by atoms with Crippen molar-refractivity contribution in [2.75, 3.05) is 7.11 Å². The van der Waals surface area contributed by atoms with E-state index < -0.39 is 0 Å². The van der Waals surface area contributed by atoms with Gasteiger partial charge < -0.3 is 9.72 Å². The minimum absolute atomic E-state index is 0.322. The predicted molar refractivity (Wildman–Crippen MR) is 82.8 cm³/mol. The van der Waals surface area contributed by atoms with Gasteiger partial charge in [0.15, 0.2) is 0 Å². The van der Waals surface area contributed by atoms with Gasteiger partial charge in [0.05, 0.1) is 12.7 Å². The van der Waals surface area contributed by atoms with Gasteiger partial charge in [0.1, 0.15) is 0 Å². The van der Waals surface area contributed by atoms with Gasteiger partial charge in [0, 0.05) is 21.1 Å². The van der Waals surface area contributed by atoms with Crippen molar-refractivity contribution in [2.24, 2.45) is 0 Å². The van der Waals surface area contributed by atoms with Crippen molar-refractivity contribution < 1.29 is 9.53 Å². The Bertz CT molecular complexity index is 775. The molecule has 0 saturated heterocycles. The lowest BCUT2D eigenvalue weighted by Crippen LogP contribution is -2.00. The van der Waals surface area contributed by atoms with Crippen LogP contribution in [0.4, 0.5) is 0 Å². The van der Waals surface area contributed by atoms with Crippen molar-refractivity contribution in [2.45, 2.75) is 0 Å². The van der Waals surface area contributed by atoms with Crippen molar-refractivity contribution in [1.29, 1.82) is 0 Å². The van der Waals surface area contributed by atoms with Crippen LogP contribution in [0.1, 0.15) is 10.4 Å². The summed E-state index contributed by atoms with van der Waals surface area (Å²) < 4.78 is 5.74. The lowest BCUT2D eigenvalue weighted by molar-refractivity contribution is 0.0601. The van der Waals surface area contributed by atoms with Gasteiger partial charge in [0.25, 0.3) is 0 Å². The maximum atomic E-state index is 11.4. The Morgan fingerprint density at radius 3 is 2.55 bits per heavy atom. The number of carbonyl (C=O) groups is 1. The normalized spacial score (nSPS) is 10.7. The average Bonchev–Trinajstić information content (AvgIpc) is 2.89. The molecule has 0 amide bonds. The number of aromatic nitrogens is 1. The largest absolute Gasteiger partial charge is 0.465 e. The lowest BCUT2D eigenvalue weighted by Gasteiger charge is -2.01. The first kappa shape index (κ1) is 12.9. The standard InChI is InChI=1S/C16H12BrNO2/c1-20-16(19)11-4-2-10(3-5-11)15-9-12-8-13(17)6-7-14(12)18-15/h2-9,18H,1H3. The lowest BCUT2D eigenvalue weighted by atomic mass is 10.1. The Morgan fingerprint density at radius 2 is 1.85 bits per heavy atom. The van der Waals surface area contributed by atoms with Gasteiger partial charge in [-0.2, -0.15) is 0 Å². The first-order valence-electron chi connectivity index (χ1n) is 6.14. The highest BCUT2D eigenvalue weighted by Crippen LogP contribution is 2.26. The number of halogens is 1. The van der Waals surface area contributed by atoms with E-state index in [0.717, 1.165) is 26.6 Å². The van der Waals surface area contributed by atoms with Crippen LogP contribution >= 0.6 is 15.9 Å². The Morgan fingerprint density at radius 1 is 1.10 bits per heavy atom. The number of hydrogen-bond donors (Lipinski definition) is 1. The first-order chi connectivity index (χ1) is 9.67. The smallest absolute Gasteiger partial charge is 0.337 e. The molecule has 3 nitrogen and oxygen atoms in total. The molecule has 1 N–H and O–H groups in total. The minimum Gasteiger partial charge on any atom is -0.465 e. The Kier molecular flexibility index (Phi) is 3.32. The molecule has 0 atom stereocenters. The van der Waals surface area contributed by atoms with Crippen LogP contribution in [0.2, 0.25) is 0 Å². The topological polar surface area (TPSA) is 42.1 Å². The number of nitrogens with one attached hydrogen (secondary N) is 1. The summed E-state index contributed by atoms with van der Waals surface area (Å²) in [6, 6.07) is 15.5. The second-order valence-electron chi connectivity index (χ2n) is 4.48. The van der Waals surface area contributed by atoms with Crippen molar-refractivity contribution in [3.63, 3.8) is 0 Å². The average molecular weight is 330 g/mol. The second-order valence-corrected chi connectivity index (χ2v) is 5.40. The zero-order valence-electron chi connectivity index (χ0n) is 10.8. The fraction of sp³-hybridized carbons (Fsp3) is 0.0625. The monoisotopic (exact) mass is 329 g/mol. The van der Waals surface area contributed by atoms with Crippen LogP contribution in [0.15, 0.2) is 53.0 Å². The number of H-pyrrole nitrogens is 1. The molecule has 1 heterocycles. The molecule has 3 rings (SSSR count). The zero-order valence-corrected chi connectivity index (χ0v) is 12.4. The SMILES string of the molecule is COC(=O)c1ccc(-c2cc3cc(Br)ccc3[nH]2)cc1. The predicted octanol–water partition coefficient (Wildman–Crippen LogP) is 4.38. The molecular weight excluding hydrogens is 318 g/mol. The molecule has 0 fully saturated rings. The van der Waals surface area contributed by atoms with Crippen molar-refractivity contribution in [1.82, 2.24) is 4.98 Å². The van der Waals surface area contributed by atoms with Gasteiger partial charge >= 0.3 is 5.97 Å². The molecule has 0 spiro atoms. The molecule has 0 bridgehead atoms. The van der Waals surface area contributed by atoms with E-state index in [1.807, 2.05) is 24.3 Å². The third-order valence-electron chi connectivity index (χ3n) is 3.20. The number of carbonyl (C=O) groups excluding carboxylic acids is 1. The Balaban J connectivity index is 2.00. The van der Waals surface area contributed by atoms with Crippen molar-refractivity contribution >= 4 is 32.8 Å². The number of fused-ring (bicyclic) bond motifs is 1. The van der Waals surface area contributed by atoms with Crippen molar-refractivity contribution in [3.05, 3.63) is 58.6 Å². The van der Waals surface area contributed by atoms with Crippen LogP contribution < -0.4 is 0 Å². The number of esters is 1. The van der Waals surface area contributed by atoms with Crippen LogP contribution in [0.3, 0.4) is 0 Å². The van der Waals surface area contributed by atoms with Crippen LogP contribution in [-0.2, 0) is 4.74 Å². The quantitative estimate of drug-likeness (QED) is 0.709. The van der Waals surface area contributed by atoms with E-state index in [1.165, 1.54) is 7.11 Å². The maximum absolute atomic E-state index is 11.4. The van der Waals surface area contributed by atoms with E-state index in [0.29, 0.717) is 5.56 Å². The molecule has 3 aromatic rings. The number of rotatable bonds is 2. The highest BCUT2D eigenvalue weighted by molar-refractivity contribution is 9.10. The number of aromatic amines is 1. The summed E-state index contributed by atoms with van der Waals surface area (Å²) in [5.74, 6) is -0.322. The van der Waals surface area contributed by atoms with E-state index in [1.54, 1.807) is 12.1 Å². The van der Waals surface area contributed by atoms with Crippen LogP contribution in [0.5, 0.6) is 0 Å². The third-order valence-corrected chi connectivity index (χ3v) is 3.69. The third kappa shape index (κ3) is 2.34. The maximum Gasteiger partial charge on any atom is 0.337 e. The van der Waals surface area contributed by atoms with Gasteiger partial charge in [0.2, 0.25) is 0 Å². The molecule has 0 radical (unpaired) electrons. The number of methoxy groups -OCH3 is 1. The molecule has 0 aliphatic carbocycles. The molecule has 0 saturated carbocycles. The summed E-state index contributed by atoms with van der Waals surface area (Å²) >= 11 is 3.47. The summed E-state index contributed by atoms with van der Waals surface area (Å²) in [6.07, 6.45) is 0. The fourth-order valence-corrected chi connectivity index (χ4v) is 2.54. The molecule has 0 aliphatic heterocycles. The van der Waals surface area contributed by atoms with Gasteiger partial charge in [-0.25, -0.2) is 4.79 Å². The Hall–Kier alpha value is -2.07. The Labute approximate surface area is 124 Å². The van der Waals surface area contributed by atoms with Crippen LogP contribution in [0, 0.1) is 0 Å². The number of benzene rings is 2. The molecule has 1 aromatic heterocycles. The molecule has 100 valence electrons. The summed E-state index contributed by atoms with van der Waals surface area (Å²) in [6.45, 7) is 0.